The summed E-state index contributed by atoms with van der Waals surface area (Å²) in [5, 5.41) is 5.73. The van der Waals surface area contributed by atoms with E-state index in [1.54, 1.807) is 18.2 Å². The third-order valence-corrected chi connectivity index (χ3v) is 4.61. The standard InChI is InChI=1S/C16H22ClN3O2/c1-16(18)8-4-3-5-12(16)15(22)20-10-6-7-13(17)11(9-10)14(21)19-2/h6-7,9,12H,3-5,8,18H2,1-2H3,(H,19,21)(H,20,22). The second-order valence-corrected chi connectivity index (χ2v) is 6.47. The van der Waals surface area contributed by atoms with Crippen molar-refractivity contribution in [3.05, 3.63) is 28.8 Å². The third-order valence-electron chi connectivity index (χ3n) is 4.28. The van der Waals surface area contributed by atoms with Gasteiger partial charge in [-0.3, -0.25) is 9.59 Å². The minimum absolute atomic E-state index is 0.102. The molecule has 1 aromatic rings. The van der Waals surface area contributed by atoms with Crippen LogP contribution in [0.2, 0.25) is 5.02 Å². The lowest BCUT2D eigenvalue weighted by molar-refractivity contribution is -0.122. The molecule has 2 unspecified atom stereocenters. The van der Waals surface area contributed by atoms with Gasteiger partial charge >= 0.3 is 0 Å². The van der Waals surface area contributed by atoms with E-state index in [2.05, 4.69) is 10.6 Å². The fraction of sp³-hybridized carbons (Fsp3) is 0.500. The molecule has 1 aliphatic carbocycles. The van der Waals surface area contributed by atoms with Crippen LogP contribution in [-0.2, 0) is 4.79 Å². The highest BCUT2D eigenvalue weighted by Gasteiger charge is 2.37. The van der Waals surface area contributed by atoms with E-state index in [9.17, 15) is 9.59 Å². The number of nitrogens with one attached hydrogen (secondary N) is 2. The number of hydrogen-bond donors (Lipinski definition) is 3. The van der Waals surface area contributed by atoms with Crippen LogP contribution in [0.15, 0.2) is 18.2 Å². The van der Waals surface area contributed by atoms with Gasteiger partial charge in [0.2, 0.25) is 5.91 Å². The van der Waals surface area contributed by atoms with Crippen molar-refractivity contribution in [3.8, 4) is 0 Å². The molecule has 1 aromatic carbocycles. The first-order chi connectivity index (χ1) is 10.3. The summed E-state index contributed by atoms with van der Waals surface area (Å²) in [6, 6.07) is 4.86. The predicted octanol–water partition coefficient (Wildman–Crippen LogP) is 2.55. The molecule has 0 aliphatic heterocycles. The fourth-order valence-electron chi connectivity index (χ4n) is 2.93. The number of benzene rings is 1. The van der Waals surface area contributed by atoms with Crippen molar-refractivity contribution in [1.29, 1.82) is 0 Å². The molecule has 1 saturated carbocycles. The Bertz CT molecular complexity index is 587. The normalized spacial score (nSPS) is 24.6. The quantitative estimate of drug-likeness (QED) is 0.799. The smallest absolute Gasteiger partial charge is 0.252 e. The molecule has 2 amide bonds. The van der Waals surface area contributed by atoms with E-state index in [1.165, 1.54) is 7.05 Å². The summed E-state index contributed by atoms with van der Waals surface area (Å²) in [5.41, 5.74) is 6.65. The van der Waals surface area contributed by atoms with Crippen LogP contribution in [0.3, 0.4) is 0 Å². The molecule has 1 aliphatic rings. The van der Waals surface area contributed by atoms with Gasteiger partial charge in [-0.2, -0.15) is 0 Å². The number of rotatable bonds is 3. The molecule has 0 radical (unpaired) electrons. The number of halogens is 1. The van der Waals surface area contributed by atoms with Crippen LogP contribution in [0.1, 0.15) is 43.0 Å². The maximum Gasteiger partial charge on any atom is 0.252 e. The number of hydrogen-bond acceptors (Lipinski definition) is 3. The first-order valence-corrected chi connectivity index (χ1v) is 7.84. The molecule has 0 saturated heterocycles. The molecule has 0 spiro atoms. The molecule has 1 fully saturated rings. The highest BCUT2D eigenvalue weighted by Crippen LogP contribution is 2.32. The van der Waals surface area contributed by atoms with Crippen LogP contribution < -0.4 is 16.4 Å². The lowest BCUT2D eigenvalue weighted by atomic mass is 9.74. The molecular formula is C16H22ClN3O2. The second kappa shape index (κ2) is 6.67. The Hall–Kier alpha value is -1.59. The summed E-state index contributed by atoms with van der Waals surface area (Å²) in [6.07, 6.45) is 3.69. The average molecular weight is 324 g/mol. The summed E-state index contributed by atoms with van der Waals surface area (Å²) in [6.45, 7) is 1.92. The molecule has 0 aromatic heterocycles. The van der Waals surface area contributed by atoms with E-state index in [0.29, 0.717) is 16.3 Å². The van der Waals surface area contributed by atoms with Gasteiger partial charge in [0.25, 0.3) is 5.91 Å². The Balaban J connectivity index is 2.16. The Morgan fingerprint density at radius 2 is 2.09 bits per heavy atom. The van der Waals surface area contributed by atoms with Crippen LogP contribution in [0.4, 0.5) is 5.69 Å². The minimum atomic E-state index is -0.488. The van der Waals surface area contributed by atoms with Gasteiger partial charge in [-0.05, 0) is 38.0 Å². The largest absolute Gasteiger partial charge is 0.355 e. The Morgan fingerprint density at radius 1 is 1.36 bits per heavy atom. The summed E-state index contributed by atoms with van der Waals surface area (Å²) in [7, 11) is 1.53. The van der Waals surface area contributed by atoms with E-state index in [-0.39, 0.29) is 17.7 Å². The van der Waals surface area contributed by atoms with Crippen LogP contribution in [-0.4, -0.2) is 24.4 Å². The Labute approximate surface area is 135 Å². The number of carbonyl (C=O) groups excluding carboxylic acids is 2. The molecule has 0 bridgehead atoms. The number of amides is 2. The zero-order chi connectivity index (χ0) is 16.3. The number of nitrogens with two attached hydrogens (primary N) is 1. The summed E-state index contributed by atoms with van der Waals surface area (Å²) in [4.78, 5) is 24.2. The summed E-state index contributed by atoms with van der Waals surface area (Å²) in [5.74, 6) is -0.613. The van der Waals surface area contributed by atoms with Crippen molar-refractivity contribution in [3.63, 3.8) is 0 Å². The zero-order valence-electron chi connectivity index (χ0n) is 12.9. The Morgan fingerprint density at radius 3 is 2.73 bits per heavy atom. The van der Waals surface area contributed by atoms with Crippen molar-refractivity contribution in [2.75, 3.05) is 12.4 Å². The lowest BCUT2D eigenvalue weighted by Crippen LogP contribution is -2.51. The number of anilines is 1. The highest BCUT2D eigenvalue weighted by molar-refractivity contribution is 6.34. The van der Waals surface area contributed by atoms with Gasteiger partial charge in [0, 0.05) is 18.3 Å². The molecule has 0 heterocycles. The van der Waals surface area contributed by atoms with E-state index < -0.39 is 5.54 Å². The van der Waals surface area contributed by atoms with Gasteiger partial charge in [-0.15, -0.1) is 0 Å². The maximum absolute atomic E-state index is 12.5. The molecule has 120 valence electrons. The van der Waals surface area contributed by atoms with Gasteiger partial charge in [-0.1, -0.05) is 24.4 Å². The van der Waals surface area contributed by atoms with Gasteiger partial charge in [-0.25, -0.2) is 0 Å². The zero-order valence-corrected chi connectivity index (χ0v) is 13.7. The van der Waals surface area contributed by atoms with E-state index in [4.69, 9.17) is 17.3 Å². The molecule has 4 N–H and O–H groups in total. The highest BCUT2D eigenvalue weighted by atomic mass is 35.5. The topological polar surface area (TPSA) is 84.2 Å². The molecule has 22 heavy (non-hydrogen) atoms. The molecule has 6 heteroatoms. The predicted molar refractivity (Wildman–Crippen MR) is 88.0 cm³/mol. The van der Waals surface area contributed by atoms with Gasteiger partial charge in [0.05, 0.1) is 16.5 Å². The van der Waals surface area contributed by atoms with Crippen molar-refractivity contribution in [2.45, 2.75) is 38.1 Å². The Kier molecular flexibility index (Phi) is 5.08. The van der Waals surface area contributed by atoms with Crippen LogP contribution in [0.5, 0.6) is 0 Å². The van der Waals surface area contributed by atoms with Crippen LogP contribution >= 0.6 is 11.6 Å². The van der Waals surface area contributed by atoms with Gasteiger partial charge in [0.15, 0.2) is 0 Å². The molecule has 5 nitrogen and oxygen atoms in total. The second-order valence-electron chi connectivity index (χ2n) is 6.07. The van der Waals surface area contributed by atoms with Crippen molar-refractivity contribution in [2.24, 2.45) is 11.7 Å². The molecular weight excluding hydrogens is 302 g/mol. The minimum Gasteiger partial charge on any atom is -0.355 e. The molecule has 2 rings (SSSR count). The first-order valence-electron chi connectivity index (χ1n) is 7.46. The summed E-state index contributed by atoms with van der Waals surface area (Å²) >= 11 is 6.01. The van der Waals surface area contributed by atoms with E-state index in [0.717, 1.165) is 25.7 Å². The maximum atomic E-state index is 12.5. The summed E-state index contributed by atoms with van der Waals surface area (Å²) < 4.78 is 0. The van der Waals surface area contributed by atoms with Crippen LogP contribution in [0, 0.1) is 5.92 Å². The van der Waals surface area contributed by atoms with E-state index in [1.807, 2.05) is 6.92 Å². The van der Waals surface area contributed by atoms with Gasteiger partial charge in [0.1, 0.15) is 0 Å². The van der Waals surface area contributed by atoms with Crippen LogP contribution in [0.25, 0.3) is 0 Å². The first kappa shape index (κ1) is 16.8. The fourth-order valence-corrected chi connectivity index (χ4v) is 3.13. The lowest BCUT2D eigenvalue weighted by Gasteiger charge is -2.37. The monoisotopic (exact) mass is 323 g/mol. The molecule has 2 atom stereocenters. The van der Waals surface area contributed by atoms with Crippen molar-refractivity contribution >= 4 is 29.1 Å². The number of carbonyl (C=O) groups is 2. The average Bonchev–Trinajstić information content (AvgIpc) is 2.47. The van der Waals surface area contributed by atoms with Gasteiger partial charge < -0.3 is 16.4 Å². The third kappa shape index (κ3) is 3.59. The van der Waals surface area contributed by atoms with Crippen molar-refractivity contribution < 1.29 is 9.59 Å². The van der Waals surface area contributed by atoms with Crippen molar-refractivity contribution in [1.82, 2.24) is 5.32 Å². The van der Waals surface area contributed by atoms with E-state index >= 15 is 0 Å². The SMILES string of the molecule is CNC(=O)c1cc(NC(=O)C2CCCCC2(C)N)ccc1Cl.